The molecule has 1 saturated heterocycles. The number of hydrogen-bond acceptors (Lipinski definition) is 5. The Hall–Kier alpha value is -2.83. The van der Waals surface area contributed by atoms with Gasteiger partial charge in [-0.05, 0) is 37.5 Å². The number of anilines is 2. The Morgan fingerprint density at radius 3 is 2.56 bits per heavy atom. The van der Waals surface area contributed by atoms with Gasteiger partial charge in [0.05, 0.1) is 0 Å². The molecule has 0 aliphatic carbocycles. The van der Waals surface area contributed by atoms with Crippen LogP contribution in [0.4, 0.5) is 16.4 Å². The van der Waals surface area contributed by atoms with Crippen molar-refractivity contribution in [2.24, 2.45) is 0 Å². The van der Waals surface area contributed by atoms with Crippen LogP contribution in [0.25, 0.3) is 0 Å². The van der Waals surface area contributed by atoms with E-state index in [4.69, 9.17) is 0 Å². The fraction of sp³-hybridized carbons (Fsp3) is 0.450. The number of rotatable bonds is 7. The zero-order valence-electron chi connectivity index (χ0n) is 15.8. The minimum Gasteiger partial charge on any atom is -0.375 e. The fourth-order valence-electron chi connectivity index (χ4n) is 3.24. The Morgan fingerprint density at radius 1 is 1.15 bits per heavy atom. The number of para-hydroxylation sites is 1. The smallest absolute Gasteiger partial charge is 0.315 e. The zero-order chi connectivity index (χ0) is 18.9. The van der Waals surface area contributed by atoms with Gasteiger partial charge >= 0.3 is 6.03 Å². The summed E-state index contributed by atoms with van der Waals surface area (Å²) in [7, 11) is 2.07. The normalized spacial score (nSPS) is 14.6. The molecule has 2 aromatic rings. The van der Waals surface area contributed by atoms with Gasteiger partial charge in [-0.15, -0.1) is 0 Å². The Morgan fingerprint density at radius 2 is 1.85 bits per heavy atom. The van der Waals surface area contributed by atoms with Gasteiger partial charge in [-0.3, -0.25) is 0 Å². The molecule has 7 heteroatoms. The minimum absolute atomic E-state index is 0.0771. The molecule has 0 spiro atoms. The fourth-order valence-corrected chi connectivity index (χ4v) is 3.24. The van der Waals surface area contributed by atoms with Gasteiger partial charge in [0.15, 0.2) is 0 Å². The summed E-state index contributed by atoms with van der Waals surface area (Å²) in [5.41, 5.74) is 1.19. The third kappa shape index (κ3) is 5.84. The lowest BCUT2D eigenvalue weighted by atomic mass is 10.1. The second-order valence-electron chi connectivity index (χ2n) is 6.82. The van der Waals surface area contributed by atoms with E-state index in [2.05, 4.69) is 49.6 Å². The zero-order valence-corrected chi connectivity index (χ0v) is 15.8. The predicted molar refractivity (Wildman–Crippen MR) is 108 cm³/mol. The molecule has 27 heavy (non-hydrogen) atoms. The molecule has 1 aromatic heterocycles. The van der Waals surface area contributed by atoms with E-state index in [1.807, 2.05) is 24.3 Å². The van der Waals surface area contributed by atoms with E-state index in [0.717, 1.165) is 44.8 Å². The Balaban J connectivity index is 1.30. The van der Waals surface area contributed by atoms with Crippen molar-refractivity contribution in [1.82, 2.24) is 20.6 Å². The van der Waals surface area contributed by atoms with Crippen molar-refractivity contribution in [1.29, 1.82) is 0 Å². The number of aromatic nitrogens is 2. The first-order chi connectivity index (χ1) is 13.2. The summed E-state index contributed by atoms with van der Waals surface area (Å²) in [6, 6.07) is 12.2. The Kier molecular flexibility index (Phi) is 6.84. The van der Waals surface area contributed by atoms with E-state index in [1.165, 1.54) is 5.69 Å². The lowest BCUT2D eigenvalue weighted by Gasteiger charge is -2.32. The van der Waals surface area contributed by atoms with Crippen LogP contribution in [0.2, 0.25) is 0 Å². The molecule has 0 atom stereocenters. The number of nitrogens with zero attached hydrogens (tertiary/aromatic N) is 4. The van der Waals surface area contributed by atoms with E-state index in [1.54, 1.807) is 12.4 Å². The number of nitrogens with one attached hydrogen (secondary N) is 2. The Labute approximate surface area is 160 Å². The summed E-state index contributed by atoms with van der Waals surface area (Å²) in [6.07, 6.45) is 6.23. The number of benzene rings is 1. The van der Waals surface area contributed by atoms with Crippen molar-refractivity contribution in [2.45, 2.75) is 25.3 Å². The maximum Gasteiger partial charge on any atom is 0.315 e. The second-order valence-corrected chi connectivity index (χ2v) is 6.82. The average molecular weight is 368 g/mol. The molecule has 1 aliphatic rings. The lowest BCUT2D eigenvalue weighted by Crippen LogP contribution is -2.48. The van der Waals surface area contributed by atoms with Crippen LogP contribution in [0.3, 0.4) is 0 Å². The van der Waals surface area contributed by atoms with Crippen molar-refractivity contribution in [3.05, 3.63) is 48.8 Å². The standard InChI is InChI=1S/C20H28N6O/c1-25(18-7-3-2-4-8-18)14-6-13-23-20(27)24-17-9-15-26(16-10-17)19-21-11-5-12-22-19/h2-5,7-8,11-12,17H,6,9-10,13-16H2,1H3,(H2,23,24,27). The molecule has 2 amide bonds. The molecule has 2 heterocycles. The van der Waals surface area contributed by atoms with E-state index >= 15 is 0 Å². The molecule has 0 saturated carbocycles. The maximum absolute atomic E-state index is 12.1. The van der Waals surface area contributed by atoms with Gasteiger partial charge in [-0.2, -0.15) is 0 Å². The van der Waals surface area contributed by atoms with Crippen LogP contribution < -0.4 is 20.4 Å². The number of hydrogen-bond donors (Lipinski definition) is 2. The molecule has 3 rings (SSSR count). The largest absolute Gasteiger partial charge is 0.375 e. The van der Waals surface area contributed by atoms with Crippen LogP contribution in [-0.2, 0) is 0 Å². The van der Waals surface area contributed by atoms with Crippen LogP contribution in [-0.4, -0.2) is 55.3 Å². The molecular formula is C20H28N6O. The molecule has 0 bridgehead atoms. The van der Waals surface area contributed by atoms with Gasteiger partial charge in [0.25, 0.3) is 0 Å². The second kappa shape index (κ2) is 9.75. The van der Waals surface area contributed by atoms with Crippen molar-refractivity contribution >= 4 is 17.7 Å². The highest BCUT2D eigenvalue weighted by atomic mass is 16.2. The van der Waals surface area contributed by atoms with Gasteiger partial charge < -0.3 is 20.4 Å². The monoisotopic (exact) mass is 368 g/mol. The topological polar surface area (TPSA) is 73.4 Å². The first-order valence-electron chi connectivity index (χ1n) is 9.55. The predicted octanol–water partition coefficient (Wildman–Crippen LogP) is 2.27. The number of carbonyl (C=O) groups excluding carboxylic acids is 1. The summed E-state index contributed by atoms with van der Waals surface area (Å²) >= 11 is 0. The molecule has 1 aliphatic heterocycles. The van der Waals surface area contributed by atoms with Crippen LogP contribution in [0.5, 0.6) is 0 Å². The van der Waals surface area contributed by atoms with Crippen molar-refractivity contribution < 1.29 is 4.79 Å². The highest BCUT2D eigenvalue weighted by Crippen LogP contribution is 2.15. The van der Waals surface area contributed by atoms with Crippen LogP contribution in [0.1, 0.15) is 19.3 Å². The third-order valence-electron chi connectivity index (χ3n) is 4.82. The molecular weight excluding hydrogens is 340 g/mol. The van der Waals surface area contributed by atoms with E-state index in [-0.39, 0.29) is 12.1 Å². The van der Waals surface area contributed by atoms with Crippen molar-refractivity contribution in [3.8, 4) is 0 Å². The van der Waals surface area contributed by atoms with Crippen LogP contribution in [0.15, 0.2) is 48.8 Å². The molecule has 0 radical (unpaired) electrons. The van der Waals surface area contributed by atoms with Crippen molar-refractivity contribution in [2.75, 3.05) is 43.0 Å². The molecule has 1 fully saturated rings. The number of amides is 2. The lowest BCUT2D eigenvalue weighted by molar-refractivity contribution is 0.234. The highest BCUT2D eigenvalue weighted by Gasteiger charge is 2.21. The Bertz CT molecular complexity index is 688. The number of carbonyl (C=O) groups is 1. The molecule has 2 N–H and O–H groups in total. The van der Waals surface area contributed by atoms with E-state index < -0.39 is 0 Å². The molecule has 144 valence electrons. The van der Waals surface area contributed by atoms with E-state index in [9.17, 15) is 4.79 Å². The maximum atomic E-state index is 12.1. The summed E-state index contributed by atoms with van der Waals surface area (Å²) < 4.78 is 0. The number of piperidine rings is 1. The van der Waals surface area contributed by atoms with Gasteiger partial charge in [-0.25, -0.2) is 14.8 Å². The first-order valence-corrected chi connectivity index (χ1v) is 9.55. The van der Waals surface area contributed by atoms with Gasteiger partial charge in [-0.1, -0.05) is 18.2 Å². The van der Waals surface area contributed by atoms with Crippen LogP contribution >= 0.6 is 0 Å². The summed E-state index contributed by atoms with van der Waals surface area (Å²) in [5, 5.41) is 6.04. The molecule has 1 aromatic carbocycles. The highest BCUT2D eigenvalue weighted by molar-refractivity contribution is 5.74. The molecule has 7 nitrogen and oxygen atoms in total. The summed E-state index contributed by atoms with van der Waals surface area (Å²) in [5.74, 6) is 0.767. The third-order valence-corrected chi connectivity index (χ3v) is 4.82. The first kappa shape index (κ1) is 18.9. The van der Waals surface area contributed by atoms with E-state index in [0.29, 0.717) is 6.54 Å². The quantitative estimate of drug-likeness (QED) is 0.734. The summed E-state index contributed by atoms with van der Waals surface area (Å²) in [6.45, 7) is 3.28. The van der Waals surface area contributed by atoms with Gasteiger partial charge in [0.1, 0.15) is 0 Å². The van der Waals surface area contributed by atoms with Crippen molar-refractivity contribution in [3.63, 3.8) is 0 Å². The average Bonchev–Trinajstić information content (AvgIpc) is 2.73. The van der Waals surface area contributed by atoms with Gasteiger partial charge in [0.2, 0.25) is 5.95 Å². The summed E-state index contributed by atoms with van der Waals surface area (Å²) in [4.78, 5) is 25.0. The SMILES string of the molecule is CN(CCCNC(=O)NC1CCN(c2ncccn2)CC1)c1ccccc1. The minimum atomic E-state index is -0.0771. The van der Waals surface area contributed by atoms with Gasteiger partial charge in [0, 0.05) is 57.3 Å². The number of urea groups is 1. The molecule has 0 unspecified atom stereocenters. The van der Waals surface area contributed by atoms with Crippen LogP contribution in [0, 0.1) is 0 Å².